The Morgan fingerprint density at radius 2 is 2.07 bits per heavy atom. The molecule has 0 fully saturated rings. The normalized spacial score (nSPS) is 10.1. The van der Waals surface area contributed by atoms with E-state index < -0.39 is 0 Å². The molecule has 2 rings (SSSR count). The number of benzene rings is 1. The van der Waals surface area contributed by atoms with Gasteiger partial charge in [0.1, 0.15) is 12.4 Å². The van der Waals surface area contributed by atoms with Crippen LogP contribution in [-0.2, 0) is 6.61 Å². The molecule has 2 nitrogen and oxygen atoms in total. The van der Waals surface area contributed by atoms with Gasteiger partial charge < -0.3 is 4.74 Å². The fourth-order valence-corrected chi connectivity index (χ4v) is 1.77. The Hall–Kier alpha value is -0.870. The van der Waals surface area contributed by atoms with Crippen molar-refractivity contribution in [2.75, 3.05) is 0 Å². The second-order valence-corrected chi connectivity index (χ2v) is 4.60. The van der Waals surface area contributed by atoms with Gasteiger partial charge in [-0.25, -0.2) is 0 Å². The zero-order chi connectivity index (χ0) is 9.80. The van der Waals surface area contributed by atoms with Crippen LogP contribution in [0.15, 0.2) is 40.4 Å². The summed E-state index contributed by atoms with van der Waals surface area (Å²) in [5.41, 5.74) is 1.81. The van der Waals surface area contributed by atoms with E-state index >= 15 is 0 Å². The zero-order valence-electron chi connectivity index (χ0n) is 7.31. The Kier molecular flexibility index (Phi) is 3.16. The van der Waals surface area contributed by atoms with Gasteiger partial charge in [0.25, 0.3) is 0 Å². The van der Waals surface area contributed by atoms with Crippen LogP contribution in [0.2, 0.25) is 0 Å². The molecule has 0 saturated heterocycles. The number of aromatic nitrogens is 1. The average molecular weight is 270 g/mol. The maximum atomic E-state index is 5.55. The average Bonchev–Trinajstić information content (AvgIpc) is 2.70. The molecule has 0 radical (unpaired) electrons. The van der Waals surface area contributed by atoms with Crippen LogP contribution in [0.1, 0.15) is 4.88 Å². The summed E-state index contributed by atoms with van der Waals surface area (Å²) < 4.78 is 6.61. The molecule has 1 heterocycles. The first-order valence-electron chi connectivity index (χ1n) is 4.10. The van der Waals surface area contributed by atoms with Crippen molar-refractivity contribution >= 4 is 27.3 Å². The van der Waals surface area contributed by atoms with E-state index in [9.17, 15) is 0 Å². The Morgan fingerprint density at radius 3 is 2.71 bits per heavy atom. The number of thiazole rings is 1. The van der Waals surface area contributed by atoms with E-state index in [1.807, 2.05) is 30.5 Å². The lowest BCUT2D eigenvalue weighted by Crippen LogP contribution is -1.92. The van der Waals surface area contributed by atoms with E-state index in [1.54, 1.807) is 16.8 Å². The van der Waals surface area contributed by atoms with E-state index in [-0.39, 0.29) is 0 Å². The van der Waals surface area contributed by atoms with Gasteiger partial charge in [0, 0.05) is 10.7 Å². The van der Waals surface area contributed by atoms with Gasteiger partial charge in [0.2, 0.25) is 0 Å². The third-order valence-electron chi connectivity index (χ3n) is 1.68. The van der Waals surface area contributed by atoms with Crippen molar-refractivity contribution in [1.82, 2.24) is 4.98 Å². The second kappa shape index (κ2) is 4.57. The number of halogens is 1. The molecular weight excluding hydrogens is 262 g/mol. The fourth-order valence-electron chi connectivity index (χ4n) is 0.999. The van der Waals surface area contributed by atoms with Crippen molar-refractivity contribution in [3.05, 3.63) is 45.3 Å². The zero-order valence-corrected chi connectivity index (χ0v) is 9.72. The molecule has 0 aliphatic rings. The minimum Gasteiger partial charge on any atom is -0.488 e. The first-order chi connectivity index (χ1) is 6.84. The summed E-state index contributed by atoms with van der Waals surface area (Å²) >= 11 is 4.97. The summed E-state index contributed by atoms with van der Waals surface area (Å²) in [7, 11) is 0. The van der Waals surface area contributed by atoms with E-state index in [2.05, 4.69) is 20.9 Å². The molecule has 1 aromatic carbocycles. The van der Waals surface area contributed by atoms with Crippen LogP contribution in [0.25, 0.3) is 0 Å². The first kappa shape index (κ1) is 9.68. The molecule has 0 aliphatic carbocycles. The predicted octanol–water partition coefficient (Wildman–Crippen LogP) is 3.48. The molecule has 0 atom stereocenters. The number of nitrogens with zero attached hydrogens (tertiary/aromatic N) is 1. The molecule has 1 aromatic heterocycles. The number of hydrogen-bond acceptors (Lipinski definition) is 3. The van der Waals surface area contributed by atoms with Crippen molar-refractivity contribution in [2.24, 2.45) is 0 Å². The molecule has 0 bridgehead atoms. The minimum absolute atomic E-state index is 0.590. The summed E-state index contributed by atoms with van der Waals surface area (Å²) in [4.78, 5) is 5.11. The summed E-state index contributed by atoms with van der Waals surface area (Å²) in [6, 6.07) is 7.79. The molecule has 0 N–H and O–H groups in total. The molecule has 0 spiro atoms. The van der Waals surface area contributed by atoms with Crippen molar-refractivity contribution in [3.8, 4) is 5.75 Å². The van der Waals surface area contributed by atoms with Gasteiger partial charge in [-0.05, 0) is 24.3 Å². The maximum absolute atomic E-state index is 5.55. The van der Waals surface area contributed by atoms with Gasteiger partial charge >= 0.3 is 0 Å². The van der Waals surface area contributed by atoms with Crippen molar-refractivity contribution in [3.63, 3.8) is 0 Å². The number of ether oxygens (including phenoxy) is 1. The van der Waals surface area contributed by atoms with E-state index in [4.69, 9.17) is 4.74 Å². The summed E-state index contributed by atoms with van der Waals surface area (Å²) in [6.07, 6.45) is 1.82. The topological polar surface area (TPSA) is 22.1 Å². The number of hydrogen-bond donors (Lipinski definition) is 0. The van der Waals surface area contributed by atoms with Gasteiger partial charge in [-0.3, -0.25) is 4.98 Å². The monoisotopic (exact) mass is 269 g/mol. The Morgan fingerprint density at radius 1 is 1.29 bits per heavy atom. The first-order valence-corrected chi connectivity index (χ1v) is 5.77. The van der Waals surface area contributed by atoms with Gasteiger partial charge in [-0.15, -0.1) is 11.3 Å². The standard InChI is InChI=1S/C10H8BrNOS/c11-8-1-3-9(4-2-8)13-6-10-5-12-7-14-10/h1-5,7H,6H2. The van der Waals surface area contributed by atoms with Crippen molar-refractivity contribution in [1.29, 1.82) is 0 Å². The maximum Gasteiger partial charge on any atom is 0.124 e. The highest BCUT2D eigenvalue weighted by molar-refractivity contribution is 9.10. The second-order valence-electron chi connectivity index (χ2n) is 2.71. The molecular formula is C10H8BrNOS. The molecule has 14 heavy (non-hydrogen) atoms. The Balaban J connectivity index is 1.95. The summed E-state index contributed by atoms with van der Waals surface area (Å²) in [5.74, 6) is 0.876. The molecule has 4 heteroatoms. The fraction of sp³-hybridized carbons (Fsp3) is 0.100. The SMILES string of the molecule is Brc1ccc(OCc2cncs2)cc1. The smallest absolute Gasteiger partial charge is 0.124 e. The quantitative estimate of drug-likeness (QED) is 0.851. The van der Waals surface area contributed by atoms with E-state index in [0.717, 1.165) is 15.1 Å². The lowest BCUT2D eigenvalue weighted by Gasteiger charge is -2.03. The van der Waals surface area contributed by atoms with Gasteiger partial charge in [0.05, 0.1) is 10.4 Å². The van der Waals surface area contributed by atoms with Crippen LogP contribution >= 0.6 is 27.3 Å². The van der Waals surface area contributed by atoms with Crippen LogP contribution in [-0.4, -0.2) is 4.98 Å². The lowest BCUT2D eigenvalue weighted by atomic mass is 10.3. The Bertz CT molecular complexity index is 385. The van der Waals surface area contributed by atoms with Gasteiger partial charge in [-0.1, -0.05) is 15.9 Å². The molecule has 0 aliphatic heterocycles. The highest BCUT2D eigenvalue weighted by atomic mass is 79.9. The lowest BCUT2D eigenvalue weighted by molar-refractivity contribution is 0.309. The Labute approximate surface area is 94.7 Å². The van der Waals surface area contributed by atoms with Crippen LogP contribution < -0.4 is 4.74 Å². The highest BCUT2D eigenvalue weighted by Gasteiger charge is 1.96. The largest absolute Gasteiger partial charge is 0.488 e. The van der Waals surface area contributed by atoms with Crippen molar-refractivity contribution in [2.45, 2.75) is 6.61 Å². The minimum atomic E-state index is 0.590. The highest BCUT2D eigenvalue weighted by Crippen LogP contribution is 2.17. The molecule has 2 aromatic rings. The molecule has 0 amide bonds. The van der Waals surface area contributed by atoms with Gasteiger partial charge in [0.15, 0.2) is 0 Å². The van der Waals surface area contributed by atoms with Crippen LogP contribution in [0.3, 0.4) is 0 Å². The third-order valence-corrected chi connectivity index (χ3v) is 2.96. The van der Waals surface area contributed by atoms with Crippen LogP contribution in [0.4, 0.5) is 0 Å². The molecule has 72 valence electrons. The summed E-state index contributed by atoms with van der Waals surface area (Å²) in [6.45, 7) is 0.590. The molecule has 0 saturated carbocycles. The molecule has 0 unspecified atom stereocenters. The number of rotatable bonds is 3. The van der Waals surface area contributed by atoms with E-state index in [1.165, 1.54) is 0 Å². The van der Waals surface area contributed by atoms with Crippen LogP contribution in [0, 0.1) is 0 Å². The van der Waals surface area contributed by atoms with Gasteiger partial charge in [-0.2, -0.15) is 0 Å². The summed E-state index contributed by atoms with van der Waals surface area (Å²) in [5, 5.41) is 0. The van der Waals surface area contributed by atoms with Crippen LogP contribution in [0.5, 0.6) is 5.75 Å². The predicted molar refractivity (Wildman–Crippen MR) is 60.6 cm³/mol. The third kappa shape index (κ3) is 2.56. The van der Waals surface area contributed by atoms with Crippen molar-refractivity contribution < 1.29 is 4.74 Å². The van der Waals surface area contributed by atoms with E-state index in [0.29, 0.717) is 6.61 Å².